The number of carbonyl (C=O) groups is 1. The van der Waals surface area contributed by atoms with Crippen LogP contribution < -0.4 is 0 Å². The standard InChI is InChI=1S/C20H20F3NO5S/c1-14-5-6-17(30(26,27)24-7-9-28-10-8-24)12-18(14)19(25)29-13-15-3-2-4-16(11-15)20(21,22)23/h2-6,11-12H,7-10,13H2,1H3. The normalized spacial score (nSPS) is 15.7. The summed E-state index contributed by atoms with van der Waals surface area (Å²) in [6.07, 6.45) is -4.50. The van der Waals surface area contributed by atoms with Crippen molar-refractivity contribution in [2.45, 2.75) is 24.6 Å². The number of ether oxygens (including phenoxy) is 2. The van der Waals surface area contributed by atoms with E-state index in [-0.39, 0.29) is 48.9 Å². The van der Waals surface area contributed by atoms with Gasteiger partial charge in [-0.15, -0.1) is 0 Å². The lowest BCUT2D eigenvalue weighted by Crippen LogP contribution is -2.40. The minimum Gasteiger partial charge on any atom is -0.457 e. The Labute approximate surface area is 172 Å². The smallest absolute Gasteiger partial charge is 0.416 e. The van der Waals surface area contributed by atoms with Crippen molar-refractivity contribution >= 4 is 16.0 Å². The van der Waals surface area contributed by atoms with E-state index >= 15 is 0 Å². The molecule has 0 bridgehead atoms. The van der Waals surface area contributed by atoms with E-state index in [9.17, 15) is 26.4 Å². The van der Waals surface area contributed by atoms with Crippen LogP contribution in [0, 0.1) is 6.92 Å². The SMILES string of the molecule is Cc1ccc(S(=O)(=O)N2CCOCC2)cc1C(=O)OCc1cccc(C(F)(F)F)c1. The van der Waals surface area contributed by atoms with Crippen LogP contribution in [0.5, 0.6) is 0 Å². The first kappa shape index (κ1) is 22.3. The maximum absolute atomic E-state index is 12.8. The summed E-state index contributed by atoms with van der Waals surface area (Å²) in [4.78, 5) is 12.4. The third kappa shape index (κ3) is 5.00. The zero-order valence-electron chi connectivity index (χ0n) is 16.1. The van der Waals surface area contributed by atoms with E-state index in [1.807, 2.05) is 0 Å². The summed E-state index contributed by atoms with van der Waals surface area (Å²) in [6.45, 7) is 2.25. The van der Waals surface area contributed by atoms with Crippen LogP contribution in [0.2, 0.25) is 0 Å². The predicted molar refractivity (Wildman–Crippen MR) is 101 cm³/mol. The topological polar surface area (TPSA) is 72.9 Å². The number of esters is 1. The summed E-state index contributed by atoms with van der Waals surface area (Å²) < 4.78 is 75.6. The number of hydrogen-bond acceptors (Lipinski definition) is 5. The van der Waals surface area contributed by atoms with Crippen molar-refractivity contribution in [2.24, 2.45) is 0 Å². The number of carbonyl (C=O) groups excluding carboxylic acids is 1. The fourth-order valence-electron chi connectivity index (χ4n) is 2.98. The van der Waals surface area contributed by atoms with Gasteiger partial charge in [0.2, 0.25) is 10.0 Å². The third-order valence-electron chi connectivity index (χ3n) is 4.66. The number of morpholine rings is 1. The van der Waals surface area contributed by atoms with E-state index in [0.29, 0.717) is 5.56 Å². The molecule has 30 heavy (non-hydrogen) atoms. The molecule has 0 amide bonds. The van der Waals surface area contributed by atoms with Crippen molar-refractivity contribution in [3.8, 4) is 0 Å². The summed E-state index contributed by atoms with van der Waals surface area (Å²) in [7, 11) is -3.80. The minimum absolute atomic E-state index is 0.0383. The largest absolute Gasteiger partial charge is 0.457 e. The van der Waals surface area contributed by atoms with Gasteiger partial charge in [0.15, 0.2) is 0 Å². The average molecular weight is 443 g/mol. The van der Waals surface area contributed by atoms with Gasteiger partial charge in [0, 0.05) is 13.1 Å². The van der Waals surface area contributed by atoms with E-state index in [2.05, 4.69) is 0 Å². The van der Waals surface area contributed by atoms with Gasteiger partial charge in [-0.3, -0.25) is 0 Å². The number of rotatable bonds is 5. The highest BCUT2D eigenvalue weighted by molar-refractivity contribution is 7.89. The van der Waals surface area contributed by atoms with Crippen molar-refractivity contribution in [1.82, 2.24) is 4.31 Å². The number of halogens is 3. The number of sulfonamides is 1. The molecule has 2 aromatic rings. The number of nitrogens with zero attached hydrogens (tertiary/aromatic N) is 1. The lowest BCUT2D eigenvalue weighted by atomic mass is 10.1. The van der Waals surface area contributed by atoms with Gasteiger partial charge < -0.3 is 9.47 Å². The molecule has 0 N–H and O–H groups in total. The molecule has 1 aliphatic rings. The highest BCUT2D eigenvalue weighted by Crippen LogP contribution is 2.29. The second-order valence-electron chi connectivity index (χ2n) is 6.77. The monoisotopic (exact) mass is 443 g/mol. The molecule has 0 aliphatic carbocycles. The van der Waals surface area contributed by atoms with Gasteiger partial charge >= 0.3 is 12.1 Å². The highest BCUT2D eigenvalue weighted by atomic mass is 32.2. The van der Waals surface area contributed by atoms with E-state index in [1.165, 1.54) is 34.6 Å². The lowest BCUT2D eigenvalue weighted by Gasteiger charge is -2.26. The minimum atomic E-state index is -4.50. The van der Waals surface area contributed by atoms with Crippen LogP contribution in [-0.4, -0.2) is 45.0 Å². The number of benzene rings is 2. The molecule has 162 valence electrons. The van der Waals surface area contributed by atoms with Crippen molar-refractivity contribution in [2.75, 3.05) is 26.3 Å². The summed E-state index contributed by atoms with van der Waals surface area (Å²) >= 11 is 0. The molecule has 1 saturated heterocycles. The second-order valence-corrected chi connectivity index (χ2v) is 8.71. The first-order valence-corrected chi connectivity index (χ1v) is 10.5. The molecule has 2 aromatic carbocycles. The highest BCUT2D eigenvalue weighted by Gasteiger charge is 2.30. The van der Waals surface area contributed by atoms with Crippen LogP contribution in [0.1, 0.15) is 27.0 Å². The maximum atomic E-state index is 12.8. The molecule has 1 fully saturated rings. The number of hydrogen-bond donors (Lipinski definition) is 0. The van der Waals surface area contributed by atoms with Gasteiger partial charge in [-0.05, 0) is 42.3 Å². The van der Waals surface area contributed by atoms with Gasteiger partial charge in [-0.2, -0.15) is 17.5 Å². The fraction of sp³-hybridized carbons (Fsp3) is 0.350. The van der Waals surface area contributed by atoms with Gasteiger partial charge in [-0.25, -0.2) is 13.2 Å². The summed E-state index contributed by atoms with van der Waals surface area (Å²) in [6, 6.07) is 8.60. The maximum Gasteiger partial charge on any atom is 0.416 e. The van der Waals surface area contributed by atoms with Gasteiger partial charge in [-0.1, -0.05) is 18.2 Å². The van der Waals surface area contributed by atoms with Crippen molar-refractivity contribution in [1.29, 1.82) is 0 Å². The van der Waals surface area contributed by atoms with E-state index in [0.717, 1.165) is 12.1 Å². The van der Waals surface area contributed by atoms with Crippen LogP contribution in [0.4, 0.5) is 13.2 Å². The van der Waals surface area contributed by atoms with E-state index in [1.54, 1.807) is 6.92 Å². The van der Waals surface area contributed by atoms with Gasteiger partial charge in [0.05, 0.1) is 29.2 Å². The zero-order valence-corrected chi connectivity index (χ0v) is 16.9. The number of aryl methyl sites for hydroxylation is 1. The van der Waals surface area contributed by atoms with Gasteiger partial charge in [0.25, 0.3) is 0 Å². The molecule has 1 heterocycles. The Kier molecular flexibility index (Phi) is 6.49. The Morgan fingerprint density at radius 1 is 1.13 bits per heavy atom. The molecule has 0 saturated carbocycles. The molecule has 3 rings (SSSR count). The van der Waals surface area contributed by atoms with Crippen LogP contribution >= 0.6 is 0 Å². The van der Waals surface area contributed by atoms with Crippen LogP contribution in [-0.2, 0) is 32.3 Å². The third-order valence-corrected chi connectivity index (χ3v) is 6.56. The predicted octanol–water partition coefficient (Wildman–Crippen LogP) is 3.39. The Morgan fingerprint density at radius 3 is 2.50 bits per heavy atom. The number of alkyl halides is 3. The molecule has 0 aromatic heterocycles. The summed E-state index contributed by atoms with van der Waals surface area (Å²) in [5.74, 6) is -0.816. The van der Waals surface area contributed by atoms with Crippen molar-refractivity contribution in [3.63, 3.8) is 0 Å². The molecular formula is C20H20F3NO5S. The molecular weight excluding hydrogens is 423 g/mol. The first-order chi connectivity index (χ1) is 14.1. The zero-order chi connectivity index (χ0) is 21.9. The molecule has 0 unspecified atom stereocenters. The fourth-order valence-corrected chi connectivity index (χ4v) is 4.42. The molecule has 0 radical (unpaired) electrons. The Balaban J connectivity index is 1.77. The summed E-state index contributed by atoms with van der Waals surface area (Å²) in [5, 5.41) is 0. The van der Waals surface area contributed by atoms with Crippen LogP contribution in [0.3, 0.4) is 0 Å². The average Bonchev–Trinajstić information content (AvgIpc) is 2.72. The Morgan fingerprint density at radius 2 is 1.83 bits per heavy atom. The van der Waals surface area contributed by atoms with Crippen molar-refractivity contribution in [3.05, 3.63) is 64.7 Å². The Hall–Kier alpha value is -2.43. The van der Waals surface area contributed by atoms with Crippen LogP contribution in [0.25, 0.3) is 0 Å². The first-order valence-electron chi connectivity index (χ1n) is 9.11. The second kappa shape index (κ2) is 8.75. The summed E-state index contributed by atoms with van der Waals surface area (Å²) in [5.41, 5.74) is -0.139. The lowest BCUT2D eigenvalue weighted by molar-refractivity contribution is -0.137. The molecule has 1 aliphatic heterocycles. The molecule has 10 heteroatoms. The molecule has 6 nitrogen and oxygen atoms in total. The Bertz CT molecular complexity index is 1030. The molecule has 0 spiro atoms. The quantitative estimate of drug-likeness (QED) is 0.663. The van der Waals surface area contributed by atoms with E-state index in [4.69, 9.17) is 9.47 Å². The van der Waals surface area contributed by atoms with E-state index < -0.39 is 27.7 Å². The van der Waals surface area contributed by atoms with Gasteiger partial charge in [0.1, 0.15) is 6.61 Å². The molecule has 0 atom stereocenters. The van der Waals surface area contributed by atoms with Crippen LogP contribution in [0.15, 0.2) is 47.4 Å². The van der Waals surface area contributed by atoms with Crippen molar-refractivity contribution < 1.29 is 35.9 Å².